The number of nitrogens with zero attached hydrogens (tertiary/aromatic N) is 3. The number of carbonyl (C=O) groups excluding carboxylic acids is 1. The van der Waals surface area contributed by atoms with Crippen LogP contribution < -0.4 is 0 Å². The maximum Gasteiger partial charge on any atom is 0.350 e. The van der Waals surface area contributed by atoms with E-state index in [-0.39, 0.29) is 23.6 Å². The molecule has 0 bridgehead atoms. The molecule has 0 amide bonds. The lowest BCUT2D eigenvalue weighted by Crippen LogP contribution is -2.65. The molecule has 2 aromatic rings. The lowest BCUT2D eigenvalue weighted by atomic mass is 9.57. The fraction of sp³-hybridized carbons (Fsp3) is 0.588. The molecule has 2 aromatic heterocycles. The van der Waals surface area contributed by atoms with Gasteiger partial charge in [0.25, 0.3) is 0 Å². The minimum atomic E-state index is -0.287. The highest BCUT2D eigenvalue weighted by molar-refractivity contribution is 7.16. The zero-order valence-corrected chi connectivity index (χ0v) is 14.9. The summed E-state index contributed by atoms with van der Waals surface area (Å²) in [7, 11) is 1.85. The molecule has 0 aromatic carbocycles. The summed E-state index contributed by atoms with van der Waals surface area (Å²) in [5, 5.41) is 4.91. The number of aryl methyl sites for hydroxylation is 1. The number of esters is 1. The first-order valence-corrected chi connectivity index (χ1v) is 9.06. The molecule has 1 saturated carbocycles. The Hall–Kier alpha value is -1.73. The summed E-state index contributed by atoms with van der Waals surface area (Å²) >= 11 is 1.34. The van der Waals surface area contributed by atoms with Gasteiger partial charge in [-0.2, -0.15) is 5.10 Å². The first-order valence-electron chi connectivity index (χ1n) is 8.24. The van der Waals surface area contributed by atoms with Crippen LogP contribution in [0.25, 0.3) is 10.6 Å². The molecule has 7 heteroatoms. The van der Waals surface area contributed by atoms with E-state index in [1.54, 1.807) is 17.1 Å². The van der Waals surface area contributed by atoms with Crippen LogP contribution in [0.15, 0.2) is 18.6 Å². The highest BCUT2D eigenvalue weighted by Crippen LogP contribution is 2.53. The van der Waals surface area contributed by atoms with E-state index in [4.69, 9.17) is 9.47 Å². The molecule has 0 radical (unpaired) electrons. The molecule has 4 rings (SSSR count). The number of hydrogen-bond donors (Lipinski definition) is 0. The van der Waals surface area contributed by atoms with Gasteiger partial charge >= 0.3 is 5.97 Å². The van der Waals surface area contributed by atoms with Crippen molar-refractivity contribution in [2.45, 2.75) is 38.9 Å². The minimum absolute atomic E-state index is 0.0840. The monoisotopic (exact) mass is 347 g/mol. The Bertz CT molecular complexity index is 767. The van der Waals surface area contributed by atoms with Crippen LogP contribution in [-0.2, 0) is 16.5 Å². The molecule has 0 spiro atoms. The summed E-state index contributed by atoms with van der Waals surface area (Å²) in [6.07, 6.45) is 7.44. The molecule has 0 N–H and O–H groups in total. The van der Waals surface area contributed by atoms with Crippen molar-refractivity contribution in [1.29, 1.82) is 0 Å². The van der Waals surface area contributed by atoms with Gasteiger partial charge < -0.3 is 9.47 Å². The molecule has 3 heterocycles. The first-order chi connectivity index (χ1) is 11.5. The van der Waals surface area contributed by atoms with E-state index in [0.717, 1.165) is 30.0 Å². The number of thiazole rings is 1. The van der Waals surface area contributed by atoms with E-state index in [2.05, 4.69) is 23.9 Å². The molecule has 1 saturated heterocycles. The third kappa shape index (κ3) is 2.46. The Morgan fingerprint density at radius 1 is 1.46 bits per heavy atom. The van der Waals surface area contributed by atoms with E-state index < -0.39 is 0 Å². The topological polar surface area (TPSA) is 66.2 Å². The van der Waals surface area contributed by atoms with Crippen molar-refractivity contribution in [3.05, 3.63) is 23.5 Å². The Morgan fingerprint density at radius 2 is 2.29 bits per heavy atom. The average molecular weight is 347 g/mol. The van der Waals surface area contributed by atoms with Gasteiger partial charge in [0.2, 0.25) is 0 Å². The second kappa shape index (κ2) is 5.67. The predicted octanol–water partition coefficient (Wildman–Crippen LogP) is 2.90. The normalized spacial score (nSPS) is 28.0. The summed E-state index contributed by atoms with van der Waals surface area (Å²) in [4.78, 5) is 17.4. The van der Waals surface area contributed by atoms with Crippen LogP contribution >= 0.6 is 11.3 Å². The SMILES string of the molecule is Cn1cc(-c2ncc(C(=O)O[C@@H]3[C@@H]4CCCO[C@H]4C3(C)C)s2)cn1. The van der Waals surface area contributed by atoms with Gasteiger partial charge in [-0.15, -0.1) is 11.3 Å². The number of hydrogen-bond acceptors (Lipinski definition) is 6. The summed E-state index contributed by atoms with van der Waals surface area (Å²) in [6, 6.07) is 0. The molecule has 2 fully saturated rings. The van der Waals surface area contributed by atoms with Crippen molar-refractivity contribution >= 4 is 17.3 Å². The molecule has 128 valence electrons. The maximum absolute atomic E-state index is 12.5. The van der Waals surface area contributed by atoms with Crippen LogP contribution in [0.5, 0.6) is 0 Å². The summed E-state index contributed by atoms with van der Waals surface area (Å²) in [6.45, 7) is 5.05. The smallest absolute Gasteiger partial charge is 0.350 e. The number of aromatic nitrogens is 3. The van der Waals surface area contributed by atoms with Crippen molar-refractivity contribution in [3.63, 3.8) is 0 Å². The Labute approximate surface area is 144 Å². The first kappa shape index (κ1) is 15.8. The van der Waals surface area contributed by atoms with Crippen molar-refractivity contribution in [1.82, 2.24) is 14.8 Å². The van der Waals surface area contributed by atoms with Crippen molar-refractivity contribution in [2.75, 3.05) is 6.61 Å². The highest BCUT2D eigenvalue weighted by Gasteiger charge is 2.60. The van der Waals surface area contributed by atoms with Crippen molar-refractivity contribution in [2.24, 2.45) is 18.4 Å². The van der Waals surface area contributed by atoms with Gasteiger partial charge in [-0.25, -0.2) is 9.78 Å². The number of ether oxygens (including phenoxy) is 2. The zero-order valence-electron chi connectivity index (χ0n) is 14.1. The van der Waals surface area contributed by atoms with Crippen molar-refractivity contribution < 1.29 is 14.3 Å². The van der Waals surface area contributed by atoms with Gasteiger partial charge in [0.1, 0.15) is 16.0 Å². The fourth-order valence-corrected chi connectivity index (χ4v) is 4.70. The zero-order chi connectivity index (χ0) is 16.9. The molecule has 0 unspecified atom stereocenters. The summed E-state index contributed by atoms with van der Waals surface area (Å²) < 4.78 is 13.4. The minimum Gasteiger partial charge on any atom is -0.457 e. The molecule has 1 aliphatic heterocycles. The van der Waals surface area contributed by atoms with Crippen LogP contribution in [-0.4, -0.2) is 39.5 Å². The Kier molecular flexibility index (Phi) is 3.73. The van der Waals surface area contributed by atoms with Crippen LogP contribution in [0.4, 0.5) is 0 Å². The lowest BCUT2D eigenvalue weighted by molar-refractivity contribution is -0.243. The fourth-order valence-electron chi connectivity index (χ4n) is 3.92. The van der Waals surface area contributed by atoms with Gasteiger partial charge in [-0.05, 0) is 12.8 Å². The molecular formula is C17H21N3O3S. The van der Waals surface area contributed by atoms with E-state index in [9.17, 15) is 4.79 Å². The molecule has 2 aliphatic rings. The third-order valence-electron chi connectivity index (χ3n) is 5.12. The second-order valence-electron chi connectivity index (χ2n) is 7.18. The number of carbonyl (C=O) groups is 1. The average Bonchev–Trinajstić information content (AvgIpc) is 3.21. The lowest BCUT2D eigenvalue weighted by Gasteiger charge is -2.58. The highest BCUT2D eigenvalue weighted by atomic mass is 32.1. The van der Waals surface area contributed by atoms with Gasteiger partial charge in [0.15, 0.2) is 0 Å². The van der Waals surface area contributed by atoms with Crippen molar-refractivity contribution in [3.8, 4) is 10.6 Å². The predicted molar refractivity (Wildman–Crippen MR) is 89.8 cm³/mol. The second-order valence-corrected chi connectivity index (χ2v) is 8.21. The number of fused-ring (bicyclic) bond motifs is 1. The van der Waals surface area contributed by atoms with E-state index >= 15 is 0 Å². The molecular weight excluding hydrogens is 326 g/mol. The molecule has 3 atom stereocenters. The Balaban J connectivity index is 1.48. The Morgan fingerprint density at radius 3 is 3.04 bits per heavy atom. The van der Waals surface area contributed by atoms with Gasteiger partial charge in [0, 0.05) is 36.7 Å². The van der Waals surface area contributed by atoms with Crippen LogP contribution in [0.3, 0.4) is 0 Å². The third-order valence-corrected chi connectivity index (χ3v) is 6.14. The van der Waals surface area contributed by atoms with Gasteiger partial charge in [0.05, 0.1) is 18.5 Å². The quantitative estimate of drug-likeness (QED) is 0.799. The maximum atomic E-state index is 12.5. The standard InChI is InChI=1S/C17H21N3O3S/c1-17(2)13-11(5-4-6-22-13)14(17)23-16(21)12-8-18-15(24-12)10-7-19-20(3)9-10/h7-9,11,13-14H,4-6H2,1-3H3/t11-,13-,14-/m1/s1. The van der Waals surface area contributed by atoms with E-state index in [1.165, 1.54) is 11.3 Å². The molecule has 1 aliphatic carbocycles. The van der Waals surface area contributed by atoms with Crippen LogP contribution in [0, 0.1) is 11.3 Å². The summed E-state index contributed by atoms with van der Waals surface area (Å²) in [5.41, 5.74) is 0.781. The van der Waals surface area contributed by atoms with Gasteiger partial charge in [-0.3, -0.25) is 4.68 Å². The van der Waals surface area contributed by atoms with Crippen LogP contribution in [0.2, 0.25) is 0 Å². The molecule has 24 heavy (non-hydrogen) atoms. The van der Waals surface area contributed by atoms with Crippen LogP contribution in [0.1, 0.15) is 36.4 Å². The summed E-state index contributed by atoms with van der Waals surface area (Å²) in [5.74, 6) is 0.0353. The van der Waals surface area contributed by atoms with Gasteiger partial charge in [-0.1, -0.05) is 13.8 Å². The molecule has 6 nitrogen and oxygen atoms in total. The van der Waals surface area contributed by atoms with E-state index in [0.29, 0.717) is 10.8 Å². The van der Waals surface area contributed by atoms with E-state index in [1.807, 2.05) is 13.2 Å². The number of rotatable bonds is 3. The largest absolute Gasteiger partial charge is 0.457 e.